The number of esters is 1. The number of ether oxygens (including phenoxy) is 1. The van der Waals surface area contributed by atoms with Gasteiger partial charge in [0.1, 0.15) is 0 Å². The number of aliphatic hydroxyl groups is 1. The van der Waals surface area contributed by atoms with Crippen molar-refractivity contribution >= 4 is 27.8 Å². The first-order valence-electron chi connectivity index (χ1n) is 7.04. The van der Waals surface area contributed by atoms with Crippen molar-refractivity contribution in [1.82, 2.24) is 0 Å². The molecule has 0 aliphatic heterocycles. The van der Waals surface area contributed by atoms with Crippen molar-refractivity contribution in [1.29, 1.82) is 0 Å². The van der Waals surface area contributed by atoms with Crippen molar-refractivity contribution in [3.8, 4) is 0 Å². The van der Waals surface area contributed by atoms with Gasteiger partial charge in [0.15, 0.2) is 0 Å². The van der Waals surface area contributed by atoms with Crippen LogP contribution in [-0.2, 0) is 26.2 Å². The number of hydrogen-bond acceptors (Lipinski definition) is 5. The lowest BCUT2D eigenvalue weighted by Crippen LogP contribution is -2.14. The molecular formula is C17H17NO5S. The summed E-state index contributed by atoms with van der Waals surface area (Å²) in [6, 6.07) is 12.7. The highest BCUT2D eigenvalue weighted by atomic mass is 32.2. The minimum absolute atomic E-state index is 0.0274. The molecule has 0 atom stereocenters. The molecule has 6 nitrogen and oxygen atoms in total. The van der Waals surface area contributed by atoms with Crippen LogP contribution in [0.15, 0.2) is 59.5 Å². The van der Waals surface area contributed by atoms with E-state index in [9.17, 15) is 13.2 Å². The minimum atomic E-state index is -3.86. The first-order valence-corrected chi connectivity index (χ1v) is 8.52. The fourth-order valence-electron chi connectivity index (χ4n) is 2.03. The van der Waals surface area contributed by atoms with Crippen LogP contribution in [0.2, 0.25) is 0 Å². The predicted octanol–water partition coefficient (Wildman–Crippen LogP) is 2.17. The average Bonchev–Trinajstić information content (AvgIpc) is 2.59. The zero-order valence-corrected chi connectivity index (χ0v) is 13.8. The van der Waals surface area contributed by atoms with E-state index in [-0.39, 0.29) is 11.5 Å². The SMILES string of the molecule is COC(=O)/C=C/c1ccccc1S(=O)(=O)Nc1cccc(CO)c1. The molecule has 2 N–H and O–H groups in total. The van der Waals surface area contributed by atoms with Crippen LogP contribution in [0.5, 0.6) is 0 Å². The number of sulfonamides is 1. The van der Waals surface area contributed by atoms with E-state index in [0.29, 0.717) is 16.8 Å². The number of nitrogens with one attached hydrogen (secondary N) is 1. The van der Waals surface area contributed by atoms with Crippen LogP contribution in [0.3, 0.4) is 0 Å². The Hall–Kier alpha value is -2.64. The molecule has 2 aromatic carbocycles. The molecule has 24 heavy (non-hydrogen) atoms. The highest BCUT2D eigenvalue weighted by Gasteiger charge is 2.17. The lowest BCUT2D eigenvalue weighted by molar-refractivity contribution is -0.134. The highest BCUT2D eigenvalue weighted by Crippen LogP contribution is 2.21. The van der Waals surface area contributed by atoms with Crippen LogP contribution in [0.4, 0.5) is 5.69 Å². The molecule has 0 saturated heterocycles. The van der Waals surface area contributed by atoms with Gasteiger partial charge in [0.2, 0.25) is 0 Å². The number of rotatable bonds is 6. The minimum Gasteiger partial charge on any atom is -0.466 e. The van der Waals surface area contributed by atoms with Crippen molar-refractivity contribution in [2.75, 3.05) is 11.8 Å². The van der Waals surface area contributed by atoms with E-state index in [2.05, 4.69) is 9.46 Å². The maximum absolute atomic E-state index is 12.6. The number of anilines is 1. The fourth-order valence-corrected chi connectivity index (χ4v) is 3.28. The Labute approximate surface area is 140 Å². The van der Waals surface area contributed by atoms with Crippen LogP contribution >= 0.6 is 0 Å². The Bertz CT molecular complexity index is 859. The number of carbonyl (C=O) groups excluding carboxylic acids is 1. The molecule has 0 bridgehead atoms. The lowest BCUT2D eigenvalue weighted by Gasteiger charge is -2.11. The Morgan fingerprint density at radius 2 is 1.96 bits per heavy atom. The third kappa shape index (κ3) is 4.43. The molecule has 0 saturated carbocycles. The summed E-state index contributed by atoms with van der Waals surface area (Å²) < 4.78 is 32.2. The summed E-state index contributed by atoms with van der Waals surface area (Å²) in [7, 11) is -2.62. The summed E-state index contributed by atoms with van der Waals surface area (Å²) in [5, 5.41) is 9.14. The van der Waals surface area contributed by atoms with Crippen LogP contribution in [0.1, 0.15) is 11.1 Å². The van der Waals surface area contributed by atoms with Gasteiger partial charge in [0, 0.05) is 11.8 Å². The fraction of sp³-hybridized carbons (Fsp3) is 0.118. The molecule has 0 aliphatic carbocycles. The van der Waals surface area contributed by atoms with Gasteiger partial charge >= 0.3 is 5.97 Å². The van der Waals surface area contributed by atoms with E-state index < -0.39 is 16.0 Å². The number of benzene rings is 2. The van der Waals surface area contributed by atoms with Crippen molar-refractivity contribution in [3.05, 3.63) is 65.7 Å². The Kier molecular flexibility index (Phi) is 5.73. The third-order valence-corrected chi connectivity index (χ3v) is 4.63. The zero-order chi connectivity index (χ0) is 17.6. The van der Waals surface area contributed by atoms with Crippen molar-refractivity contribution in [2.45, 2.75) is 11.5 Å². The van der Waals surface area contributed by atoms with E-state index in [1.54, 1.807) is 42.5 Å². The molecule has 0 amide bonds. The van der Waals surface area contributed by atoms with Crippen molar-refractivity contribution in [2.24, 2.45) is 0 Å². The monoisotopic (exact) mass is 347 g/mol. The zero-order valence-electron chi connectivity index (χ0n) is 13.0. The van der Waals surface area contributed by atoms with Gasteiger partial charge in [-0.25, -0.2) is 13.2 Å². The lowest BCUT2D eigenvalue weighted by atomic mass is 10.2. The predicted molar refractivity (Wildman–Crippen MR) is 90.7 cm³/mol. The Morgan fingerprint density at radius 1 is 1.21 bits per heavy atom. The van der Waals surface area contributed by atoms with Gasteiger partial charge in [-0.3, -0.25) is 4.72 Å². The summed E-state index contributed by atoms with van der Waals surface area (Å²) in [5.74, 6) is -0.578. The molecular weight excluding hydrogens is 330 g/mol. The number of aliphatic hydroxyl groups excluding tert-OH is 1. The largest absolute Gasteiger partial charge is 0.466 e. The highest BCUT2D eigenvalue weighted by molar-refractivity contribution is 7.92. The van der Waals surface area contributed by atoms with Gasteiger partial charge in [-0.1, -0.05) is 30.3 Å². The summed E-state index contributed by atoms with van der Waals surface area (Å²) in [6.07, 6.45) is 2.53. The number of hydrogen-bond donors (Lipinski definition) is 2. The van der Waals surface area contributed by atoms with E-state index in [1.807, 2.05) is 0 Å². The second-order valence-electron chi connectivity index (χ2n) is 4.86. The molecule has 0 fully saturated rings. The molecule has 2 rings (SSSR count). The second kappa shape index (κ2) is 7.76. The molecule has 2 aromatic rings. The van der Waals surface area contributed by atoms with Gasteiger partial charge in [-0.15, -0.1) is 0 Å². The first kappa shape index (κ1) is 17.7. The van der Waals surface area contributed by atoms with E-state index in [0.717, 1.165) is 6.08 Å². The van der Waals surface area contributed by atoms with Crippen LogP contribution in [0, 0.1) is 0 Å². The van der Waals surface area contributed by atoms with Crippen molar-refractivity contribution < 1.29 is 23.1 Å². The van der Waals surface area contributed by atoms with Gasteiger partial charge in [-0.2, -0.15) is 0 Å². The normalized spacial score (nSPS) is 11.4. The first-order chi connectivity index (χ1) is 11.5. The van der Waals surface area contributed by atoms with E-state index >= 15 is 0 Å². The second-order valence-corrected chi connectivity index (χ2v) is 6.51. The third-order valence-electron chi connectivity index (χ3n) is 3.17. The molecule has 7 heteroatoms. The quantitative estimate of drug-likeness (QED) is 0.617. The molecule has 0 heterocycles. The maximum Gasteiger partial charge on any atom is 0.330 e. The Balaban J connectivity index is 2.35. The van der Waals surface area contributed by atoms with Crippen LogP contribution in [-0.4, -0.2) is 26.6 Å². The molecule has 0 aromatic heterocycles. The van der Waals surface area contributed by atoms with Gasteiger partial charge in [-0.05, 0) is 35.4 Å². The summed E-state index contributed by atoms with van der Waals surface area (Å²) >= 11 is 0. The topological polar surface area (TPSA) is 92.7 Å². The van der Waals surface area contributed by atoms with Gasteiger partial charge in [0.05, 0.1) is 18.6 Å². The molecule has 0 radical (unpaired) electrons. The maximum atomic E-state index is 12.6. The van der Waals surface area contributed by atoms with E-state index in [1.165, 1.54) is 19.3 Å². The molecule has 0 spiro atoms. The summed E-state index contributed by atoms with van der Waals surface area (Å²) in [4.78, 5) is 11.2. The van der Waals surface area contributed by atoms with Crippen molar-refractivity contribution in [3.63, 3.8) is 0 Å². The Morgan fingerprint density at radius 3 is 2.67 bits per heavy atom. The summed E-state index contributed by atoms with van der Waals surface area (Å²) in [6.45, 7) is -0.186. The molecule has 0 unspecified atom stereocenters. The van der Waals surface area contributed by atoms with Crippen LogP contribution < -0.4 is 4.72 Å². The van der Waals surface area contributed by atoms with E-state index in [4.69, 9.17) is 5.11 Å². The summed E-state index contributed by atoms with van der Waals surface area (Å²) in [5.41, 5.74) is 1.29. The molecule has 0 aliphatic rings. The standard InChI is InChI=1S/C17H17NO5S/c1-23-17(20)10-9-14-6-2-3-8-16(14)24(21,22)18-15-7-4-5-13(11-15)12-19/h2-11,18-19H,12H2,1H3/b10-9+. The van der Waals surface area contributed by atoms with Gasteiger partial charge < -0.3 is 9.84 Å². The van der Waals surface area contributed by atoms with Gasteiger partial charge in [0.25, 0.3) is 10.0 Å². The number of carbonyl (C=O) groups is 1. The average molecular weight is 347 g/mol. The molecule has 126 valence electrons. The smallest absolute Gasteiger partial charge is 0.330 e. The number of methoxy groups -OCH3 is 1. The van der Waals surface area contributed by atoms with Crippen LogP contribution in [0.25, 0.3) is 6.08 Å².